The predicted molar refractivity (Wildman–Crippen MR) is 78.2 cm³/mol. The minimum absolute atomic E-state index is 0.144. The molecule has 0 aliphatic rings. The number of amides is 1. The molecular formula is C15H16N2O4. The van der Waals surface area contributed by atoms with Crippen LogP contribution in [0.4, 0.5) is 5.69 Å². The van der Waals surface area contributed by atoms with Gasteiger partial charge >= 0.3 is 0 Å². The van der Waals surface area contributed by atoms with Gasteiger partial charge in [0.15, 0.2) is 18.1 Å². The number of phenols is 2. The molecule has 0 aliphatic heterocycles. The van der Waals surface area contributed by atoms with Gasteiger partial charge in [-0.2, -0.15) is 0 Å². The number of carbonyl (C=O) groups is 1. The van der Waals surface area contributed by atoms with Crippen LogP contribution < -0.4 is 15.8 Å². The van der Waals surface area contributed by atoms with Gasteiger partial charge in [-0.3, -0.25) is 4.79 Å². The molecule has 0 atom stereocenters. The van der Waals surface area contributed by atoms with E-state index in [1.165, 1.54) is 12.1 Å². The molecule has 0 aromatic heterocycles. The molecule has 1 amide bonds. The summed E-state index contributed by atoms with van der Waals surface area (Å²) in [5.74, 6) is -0.259. The van der Waals surface area contributed by atoms with Crippen molar-refractivity contribution >= 4 is 11.6 Å². The van der Waals surface area contributed by atoms with Gasteiger partial charge in [-0.1, -0.05) is 6.07 Å². The Kier molecular flexibility index (Phi) is 4.50. The Bertz CT molecular complexity index is 626. The zero-order valence-electron chi connectivity index (χ0n) is 11.2. The quantitative estimate of drug-likeness (QED) is 0.604. The van der Waals surface area contributed by atoms with E-state index in [2.05, 4.69) is 5.32 Å². The van der Waals surface area contributed by atoms with E-state index in [9.17, 15) is 15.0 Å². The van der Waals surface area contributed by atoms with Crippen molar-refractivity contribution in [3.8, 4) is 17.2 Å². The second kappa shape index (κ2) is 6.51. The number of hydrogen-bond acceptors (Lipinski definition) is 5. The van der Waals surface area contributed by atoms with Crippen molar-refractivity contribution in [3.05, 3.63) is 48.0 Å². The van der Waals surface area contributed by atoms with Gasteiger partial charge in [-0.25, -0.2) is 0 Å². The SMILES string of the molecule is NC(=O)COc1ccc(NCc2ccc(O)c(O)c2)cc1. The predicted octanol–water partition coefficient (Wildman–Crippen LogP) is 1.57. The van der Waals surface area contributed by atoms with Crippen molar-refractivity contribution in [2.24, 2.45) is 5.73 Å². The van der Waals surface area contributed by atoms with Gasteiger partial charge in [0.1, 0.15) is 5.75 Å². The fourth-order valence-electron chi connectivity index (χ4n) is 1.71. The topological polar surface area (TPSA) is 105 Å². The van der Waals surface area contributed by atoms with Crippen LogP contribution in [0.15, 0.2) is 42.5 Å². The number of aromatic hydroxyl groups is 2. The van der Waals surface area contributed by atoms with Gasteiger partial charge in [0.05, 0.1) is 0 Å². The Morgan fingerprint density at radius 1 is 1.10 bits per heavy atom. The van der Waals surface area contributed by atoms with Crippen LogP contribution in [-0.4, -0.2) is 22.7 Å². The van der Waals surface area contributed by atoms with Gasteiger partial charge in [-0.05, 0) is 42.0 Å². The van der Waals surface area contributed by atoms with Gasteiger partial charge in [0.2, 0.25) is 0 Å². The molecule has 2 rings (SSSR count). The van der Waals surface area contributed by atoms with E-state index in [1.54, 1.807) is 30.3 Å². The summed E-state index contributed by atoms with van der Waals surface area (Å²) in [7, 11) is 0. The molecule has 2 aromatic carbocycles. The summed E-state index contributed by atoms with van der Waals surface area (Å²) in [6, 6.07) is 11.7. The molecule has 6 nitrogen and oxygen atoms in total. The molecule has 6 heteroatoms. The highest BCUT2D eigenvalue weighted by molar-refractivity contribution is 5.75. The van der Waals surface area contributed by atoms with Gasteiger partial charge in [-0.15, -0.1) is 0 Å². The second-order valence-electron chi connectivity index (χ2n) is 4.46. The van der Waals surface area contributed by atoms with Gasteiger partial charge in [0.25, 0.3) is 5.91 Å². The van der Waals surface area contributed by atoms with Crippen molar-refractivity contribution < 1.29 is 19.7 Å². The van der Waals surface area contributed by atoms with Crippen LogP contribution in [-0.2, 0) is 11.3 Å². The maximum atomic E-state index is 10.6. The Hall–Kier alpha value is -2.89. The summed E-state index contributed by atoms with van der Waals surface area (Å²) < 4.78 is 5.15. The largest absolute Gasteiger partial charge is 0.504 e. The van der Waals surface area contributed by atoms with E-state index in [0.29, 0.717) is 12.3 Å². The maximum Gasteiger partial charge on any atom is 0.255 e. The number of anilines is 1. The average molecular weight is 288 g/mol. The maximum absolute atomic E-state index is 10.6. The summed E-state index contributed by atoms with van der Waals surface area (Å²) in [6.45, 7) is 0.342. The van der Waals surface area contributed by atoms with Crippen molar-refractivity contribution in [1.82, 2.24) is 0 Å². The minimum Gasteiger partial charge on any atom is -0.504 e. The fourth-order valence-corrected chi connectivity index (χ4v) is 1.71. The Morgan fingerprint density at radius 3 is 2.43 bits per heavy atom. The Labute approximate surface area is 121 Å². The van der Waals surface area contributed by atoms with Crippen molar-refractivity contribution in [2.75, 3.05) is 11.9 Å². The number of phenolic OH excluding ortho intramolecular Hbond substituents is 2. The third kappa shape index (κ3) is 4.31. The molecule has 0 saturated heterocycles. The zero-order chi connectivity index (χ0) is 15.2. The first-order valence-electron chi connectivity index (χ1n) is 6.30. The number of hydrogen-bond donors (Lipinski definition) is 4. The summed E-state index contributed by atoms with van der Waals surface area (Å²) >= 11 is 0. The summed E-state index contributed by atoms with van der Waals surface area (Å²) in [5.41, 5.74) is 6.68. The zero-order valence-corrected chi connectivity index (χ0v) is 11.2. The fraction of sp³-hybridized carbons (Fsp3) is 0.133. The molecule has 0 bridgehead atoms. The second-order valence-corrected chi connectivity index (χ2v) is 4.46. The van der Waals surface area contributed by atoms with Crippen molar-refractivity contribution in [3.63, 3.8) is 0 Å². The van der Waals surface area contributed by atoms with Crippen LogP contribution in [0, 0.1) is 0 Å². The molecular weight excluding hydrogens is 272 g/mol. The van der Waals surface area contributed by atoms with Crippen LogP contribution in [0.3, 0.4) is 0 Å². The lowest BCUT2D eigenvalue weighted by Gasteiger charge is -2.09. The smallest absolute Gasteiger partial charge is 0.255 e. The normalized spacial score (nSPS) is 10.1. The first-order chi connectivity index (χ1) is 10.0. The van der Waals surface area contributed by atoms with E-state index in [4.69, 9.17) is 10.5 Å². The van der Waals surface area contributed by atoms with Gasteiger partial charge < -0.3 is 26.0 Å². The van der Waals surface area contributed by atoms with E-state index in [1.807, 2.05) is 0 Å². The van der Waals surface area contributed by atoms with Crippen LogP contribution in [0.1, 0.15) is 5.56 Å². The van der Waals surface area contributed by atoms with Crippen LogP contribution in [0.25, 0.3) is 0 Å². The molecule has 0 saturated carbocycles. The molecule has 110 valence electrons. The highest BCUT2D eigenvalue weighted by atomic mass is 16.5. The molecule has 0 spiro atoms. The molecule has 0 heterocycles. The Balaban J connectivity index is 1.91. The van der Waals surface area contributed by atoms with E-state index >= 15 is 0 Å². The number of nitrogens with two attached hydrogens (primary N) is 1. The van der Waals surface area contributed by atoms with E-state index in [-0.39, 0.29) is 18.1 Å². The van der Waals surface area contributed by atoms with Crippen LogP contribution in [0.5, 0.6) is 17.2 Å². The van der Waals surface area contributed by atoms with Gasteiger partial charge in [0, 0.05) is 12.2 Å². The number of primary amides is 1. The number of ether oxygens (including phenoxy) is 1. The number of rotatable bonds is 6. The van der Waals surface area contributed by atoms with E-state index in [0.717, 1.165) is 11.3 Å². The lowest BCUT2D eigenvalue weighted by atomic mass is 10.2. The molecule has 2 aromatic rings. The number of benzene rings is 2. The third-order valence-corrected chi connectivity index (χ3v) is 2.77. The summed E-state index contributed by atoms with van der Waals surface area (Å²) in [6.07, 6.45) is 0. The number of carbonyl (C=O) groups excluding carboxylic acids is 1. The lowest BCUT2D eigenvalue weighted by Crippen LogP contribution is -2.19. The van der Waals surface area contributed by atoms with Crippen molar-refractivity contribution in [2.45, 2.75) is 6.54 Å². The summed E-state index contributed by atoms with van der Waals surface area (Å²) in [5, 5.41) is 21.8. The number of nitrogens with one attached hydrogen (secondary N) is 1. The molecule has 5 N–H and O–H groups in total. The van der Waals surface area contributed by atoms with Crippen molar-refractivity contribution in [1.29, 1.82) is 0 Å². The summed E-state index contributed by atoms with van der Waals surface area (Å²) in [4.78, 5) is 10.6. The standard InChI is InChI=1S/C15H16N2O4/c16-15(20)9-21-12-4-2-11(3-5-12)17-8-10-1-6-13(18)14(19)7-10/h1-7,17-19H,8-9H2,(H2,16,20). The highest BCUT2D eigenvalue weighted by Gasteiger charge is 2.01. The third-order valence-electron chi connectivity index (χ3n) is 2.77. The Morgan fingerprint density at radius 2 is 1.81 bits per heavy atom. The lowest BCUT2D eigenvalue weighted by molar-refractivity contribution is -0.119. The van der Waals surface area contributed by atoms with Crippen LogP contribution in [0.2, 0.25) is 0 Å². The highest BCUT2D eigenvalue weighted by Crippen LogP contribution is 2.25. The minimum atomic E-state index is -0.524. The molecule has 0 radical (unpaired) electrons. The molecule has 0 fully saturated rings. The van der Waals surface area contributed by atoms with E-state index < -0.39 is 5.91 Å². The molecule has 0 aliphatic carbocycles. The monoisotopic (exact) mass is 288 g/mol. The molecule has 21 heavy (non-hydrogen) atoms. The first-order valence-corrected chi connectivity index (χ1v) is 6.30. The van der Waals surface area contributed by atoms with Crippen LogP contribution >= 0.6 is 0 Å². The first kappa shape index (κ1) is 14.5. The molecule has 0 unspecified atom stereocenters. The average Bonchev–Trinajstić information content (AvgIpc) is 2.47.